The zero-order valence-corrected chi connectivity index (χ0v) is 15.6. The van der Waals surface area contributed by atoms with Gasteiger partial charge in [0.05, 0.1) is 18.4 Å². The minimum absolute atomic E-state index is 0.171. The maximum Gasteiger partial charge on any atom is 0.190 e. The van der Waals surface area contributed by atoms with Crippen molar-refractivity contribution in [2.45, 2.75) is 93.7 Å². The van der Waals surface area contributed by atoms with Crippen LogP contribution in [0.25, 0.3) is 0 Å². The highest BCUT2D eigenvalue weighted by atomic mass is 16.8. The summed E-state index contributed by atoms with van der Waals surface area (Å²) in [5, 5.41) is 53.7. The number of hydrogen-bond donors (Lipinski definition) is 5. The van der Waals surface area contributed by atoms with E-state index < -0.39 is 73.6 Å². The van der Waals surface area contributed by atoms with Gasteiger partial charge in [-0.3, -0.25) is 0 Å². The lowest BCUT2D eigenvalue weighted by molar-refractivity contribution is -0.234. The average molecular weight is 405 g/mol. The summed E-state index contributed by atoms with van der Waals surface area (Å²) in [7, 11) is 0. The lowest BCUT2D eigenvalue weighted by Gasteiger charge is -2.40. The van der Waals surface area contributed by atoms with Crippen molar-refractivity contribution in [2.75, 3.05) is 6.61 Å². The van der Waals surface area contributed by atoms with Crippen molar-refractivity contribution in [3.05, 3.63) is 0 Å². The third-order valence-electron chi connectivity index (χ3n) is 5.59. The van der Waals surface area contributed by atoms with Crippen LogP contribution >= 0.6 is 0 Å². The third-order valence-corrected chi connectivity index (χ3v) is 5.59. The Morgan fingerprint density at radius 1 is 0.964 bits per heavy atom. The van der Waals surface area contributed by atoms with Gasteiger partial charge in [-0.25, -0.2) is 0 Å². The molecule has 4 rings (SSSR count). The topological polar surface area (TPSA) is 160 Å². The number of oxime groups is 1. The predicted molar refractivity (Wildman–Crippen MR) is 90.0 cm³/mol. The van der Waals surface area contributed by atoms with E-state index in [0.29, 0.717) is 12.1 Å². The van der Waals surface area contributed by atoms with E-state index in [1.807, 2.05) is 0 Å². The molecule has 0 spiro atoms. The largest absolute Gasteiger partial charge is 0.394 e. The van der Waals surface area contributed by atoms with Crippen molar-refractivity contribution in [2.24, 2.45) is 5.16 Å². The molecule has 160 valence electrons. The van der Waals surface area contributed by atoms with Crippen LogP contribution in [0.15, 0.2) is 5.16 Å². The molecule has 2 unspecified atom stereocenters. The molecule has 0 aliphatic carbocycles. The summed E-state index contributed by atoms with van der Waals surface area (Å²) in [5.41, 5.74) is 0.487. The second kappa shape index (κ2) is 7.42. The number of ether oxygens (including phenoxy) is 4. The van der Waals surface area contributed by atoms with Crippen molar-refractivity contribution in [1.82, 2.24) is 0 Å². The first-order chi connectivity index (χ1) is 13.2. The van der Waals surface area contributed by atoms with Crippen LogP contribution in [0.4, 0.5) is 0 Å². The van der Waals surface area contributed by atoms with Crippen LogP contribution in [-0.4, -0.2) is 105 Å². The average Bonchev–Trinajstić information content (AvgIpc) is 3.30. The number of hydrogen-bond acceptors (Lipinski definition) is 11. The minimum Gasteiger partial charge on any atom is -0.394 e. The highest BCUT2D eigenvalue weighted by molar-refractivity contribution is 5.90. The van der Waals surface area contributed by atoms with E-state index in [-0.39, 0.29) is 6.42 Å². The summed E-state index contributed by atoms with van der Waals surface area (Å²) in [6, 6.07) is 0. The molecule has 5 N–H and O–H groups in total. The molecule has 4 heterocycles. The Kier molecular flexibility index (Phi) is 5.40. The smallest absolute Gasteiger partial charge is 0.190 e. The maximum absolute atomic E-state index is 10.5. The molecular weight excluding hydrogens is 378 g/mol. The third kappa shape index (κ3) is 3.55. The quantitative estimate of drug-likeness (QED) is 0.341. The highest BCUT2D eigenvalue weighted by Gasteiger charge is 2.56. The molecule has 0 amide bonds. The summed E-state index contributed by atoms with van der Waals surface area (Å²) in [6.45, 7) is 2.99. The molecule has 28 heavy (non-hydrogen) atoms. The Morgan fingerprint density at radius 3 is 2.36 bits per heavy atom. The van der Waals surface area contributed by atoms with Gasteiger partial charge < -0.3 is 49.3 Å². The number of rotatable bonds is 4. The molecule has 0 aromatic carbocycles. The minimum atomic E-state index is -1.44. The zero-order chi connectivity index (χ0) is 20.2. The van der Waals surface area contributed by atoms with E-state index in [1.165, 1.54) is 0 Å². The molecule has 10 atom stereocenters. The van der Waals surface area contributed by atoms with Gasteiger partial charge in [-0.15, -0.1) is 0 Å². The van der Waals surface area contributed by atoms with Gasteiger partial charge in [0.2, 0.25) is 0 Å². The molecule has 11 nitrogen and oxygen atoms in total. The molecule has 11 heteroatoms. The van der Waals surface area contributed by atoms with Crippen molar-refractivity contribution < 1.29 is 49.3 Å². The van der Waals surface area contributed by atoms with E-state index in [9.17, 15) is 25.5 Å². The summed E-state index contributed by atoms with van der Waals surface area (Å²) in [4.78, 5) is 5.39. The van der Waals surface area contributed by atoms with Gasteiger partial charge in [0.1, 0.15) is 48.8 Å². The van der Waals surface area contributed by atoms with Gasteiger partial charge in [-0.1, -0.05) is 5.16 Å². The Labute approximate surface area is 161 Å². The second-order valence-electron chi connectivity index (χ2n) is 8.13. The first kappa shape index (κ1) is 20.4. The normalized spacial score (nSPS) is 50.3. The highest BCUT2D eigenvalue weighted by Crippen LogP contribution is 2.39. The van der Waals surface area contributed by atoms with E-state index in [1.54, 1.807) is 13.8 Å². The van der Waals surface area contributed by atoms with Gasteiger partial charge in [-0.2, -0.15) is 0 Å². The summed E-state index contributed by atoms with van der Waals surface area (Å²) >= 11 is 0. The fourth-order valence-corrected chi connectivity index (χ4v) is 4.14. The summed E-state index contributed by atoms with van der Waals surface area (Å²) in [5.74, 6) is -0.832. The van der Waals surface area contributed by atoms with Crippen LogP contribution in [0.5, 0.6) is 0 Å². The molecule has 0 bridgehead atoms. The van der Waals surface area contributed by atoms with Crippen molar-refractivity contribution in [1.29, 1.82) is 0 Å². The van der Waals surface area contributed by atoms with Crippen LogP contribution in [0.2, 0.25) is 0 Å². The van der Waals surface area contributed by atoms with E-state index >= 15 is 0 Å². The molecule has 0 aromatic heterocycles. The molecule has 4 aliphatic heterocycles. The van der Waals surface area contributed by atoms with Crippen molar-refractivity contribution >= 4 is 5.71 Å². The molecular formula is C17H27NO10. The number of aliphatic hydroxyl groups is 5. The Bertz CT molecular complexity index is 613. The number of aliphatic hydroxyl groups excluding tert-OH is 5. The molecule has 3 saturated heterocycles. The van der Waals surface area contributed by atoms with Crippen molar-refractivity contribution in [3.8, 4) is 0 Å². The number of fused-ring (bicyclic) bond motifs is 1. The van der Waals surface area contributed by atoms with Crippen LogP contribution in [-0.2, 0) is 23.8 Å². The molecule has 3 fully saturated rings. The second-order valence-corrected chi connectivity index (χ2v) is 8.13. The monoisotopic (exact) mass is 405 g/mol. The lowest BCUT2D eigenvalue weighted by atomic mass is 9.91. The van der Waals surface area contributed by atoms with Gasteiger partial charge in [-0.05, 0) is 13.8 Å². The summed E-state index contributed by atoms with van der Waals surface area (Å²) < 4.78 is 22.5. The molecule has 0 saturated carbocycles. The maximum atomic E-state index is 10.5. The molecule has 0 radical (unpaired) electrons. The Morgan fingerprint density at radius 2 is 1.68 bits per heavy atom. The predicted octanol–water partition coefficient (Wildman–Crippen LogP) is -2.40. The fourth-order valence-electron chi connectivity index (χ4n) is 4.14. The zero-order valence-electron chi connectivity index (χ0n) is 15.6. The SMILES string of the molecule is CC1(C)O[C@H]2O[C@H](C3=NO[C@H](C[C@H]4O[C@H](CO)C(O)[C@H](O)C4O)C3)[C@H](O)[C@H]2O1. The van der Waals surface area contributed by atoms with Gasteiger partial charge in [0.15, 0.2) is 12.1 Å². The van der Waals surface area contributed by atoms with E-state index in [2.05, 4.69) is 5.16 Å². The standard InChI is InChI=1S/C17H27NO10/c1-17(2)26-15-13(23)14(25-16(15)27-17)7-3-6(28-18-7)4-8-10(20)12(22)11(21)9(5-19)24-8/h6,8-16,19-23H,3-5H2,1-2H3/t6-,8+,9+,10?,11?,12+,13-,14+,15+,16+/m0/s1. The van der Waals surface area contributed by atoms with Crippen LogP contribution < -0.4 is 0 Å². The first-order valence-corrected chi connectivity index (χ1v) is 9.42. The van der Waals surface area contributed by atoms with Crippen LogP contribution in [0.1, 0.15) is 26.7 Å². The lowest BCUT2D eigenvalue weighted by Crippen LogP contribution is -2.59. The molecule has 0 aromatic rings. The van der Waals surface area contributed by atoms with Crippen molar-refractivity contribution in [3.63, 3.8) is 0 Å². The van der Waals surface area contributed by atoms with Crippen LogP contribution in [0.3, 0.4) is 0 Å². The Hall–Kier alpha value is -0.890. The first-order valence-electron chi connectivity index (χ1n) is 9.42. The van der Waals surface area contributed by atoms with Gasteiger partial charge in [0, 0.05) is 12.8 Å². The Balaban J connectivity index is 1.34. The number of nitrogens with zero attached hydrogens (tertiary/aromatic N) is 1. The van der Waals surface area contributed by atoms with Gasteiger partial charge in [0.25, 0.3) is 0 Å². The molecule has 4 aliphatic rings. The van der Waals surface area contributed by atoms with Crippen LogP contribution in [0, 0.1) is 0 Å². The van der Waals surface area contributed by atoms with E-state index in [4.69, 9.17) is 23.8 Å². The van der Waals surface area contributed by atoms with E-state index in [0.717, 1.165) is 0 Å². The fraction of sp³-hybridized carbons (Fsp3) is 0.941. The summed E-state index contributed by atoms with van der Waals surface area (Å²) in [6.07, 6.45) is -8.98. The van der Waals surface area contributed by atoms with Gasteiger partial charge >= 0.3 is 0 Å².